The maximum atomic E-state index is 13.7. The molecule has 2 heterocycles. The fourth-order valence-electron chi connectivity index (χ4n) is 5.01. The second-order valence-corrected chi connectivity index (χ2v) is 12.8. The van der Waals surface area contributed by atoms with Crippen molar-refractivity contribution in [2.24, 2.45) is 11.1 Å². The van der Waals surface area contributed by atoms with Crippen LogP contribution in [0, 0.1) is 12.3 Å². The minimum absolute atomic E-state index is 0.0176. The maximum absolute atomic E-state index is 13.7. The number of aliphatic hydroxyl groups is 1. The third kappa shape index (κ3) is 8.84. The van der Waals surface area contributed by atoms with Gasteiger partial charge >= 0.3 is 0 Å². The predicted molar refractivity (Wildman–Crippen MR) is 159 cm³/mol. The first kappa shape index (κ1) is 32.2. The fraction of sp³-hybridized carbons (Fsp3) is 0.567. The van der Waals surface area contributed by atoms with Crippen LogP contribution in [0.15, 0.2) is 29.8 Å². The van der Waals surface area contributed by atoms with Crippen LogP contribution in [0.3, 0.4) is 0 Å². The van der Waals surface area contributed by atoms with E-state index >= 15 is 0 Å². The molecule has 0 spiro atoms. The lowest BCUT2D eigenvalue weighted by molar-refractivity contribution is -0.144. The van der Waals surface area contributed by atoms with Gasteiger partial charge in [0.25, 0.3) is 0 Å². The van der Waals surface area contributed by atoms with Crippen LogP contribution >= 0.6 is 11.3 Å². The molecule has 2 aromatic rings. The van der Waals surface area contributed by atoms with E-state index < -0.39 is 29.5 Å². The first-order chi connectivity index (χ1) is 19.3. The third-order valence-electron chi connectivity index (χ3n) is 7.39. The highest BCUT2D eigenvalue weighted by Crippen LogP contribution is 2.29. The second kappa shape index (κ2) is 14.0. The Labute approximate surface area is 246 Å². The smallest absolute Gasteiger partial charge is 0.246 e. The molecule has 1 aliphatic rings. The molecule has 1 aromatic heterocycles. The van der Waals surface area contributed by atoms with Crippen molar-refractivity contribution < 1.29 is 24.3 Å². The molecular formula is C30H43N5O5S. The normalized spacial score (nSPS) is 18.5. The van der Waals surface area contributed by atoms with E-state index in [-0.39, 0.29) is 49.6 Å². The molecule has 5 N–H and O–H groups in total. The van der Waals surface area contributed by atoms with Crippen molar-refractivity contribution in [3.05, 3.63) is 41.0 Å². The summed E-state index contributed by atoms with van der Waals surface area (Å²) in [6, 6.07) is 5.89. The molecule has 4 amide bonds. The number of primary amides is 1. The Hall–Kier alpha value is -3.31. The lowest BCUT2D eigenvalue weighted by atomic mass is 9.85. The zero-order valence-electron chi connectivity index (χ0n) is 24.6. The van der Waals surface area contributed by atoms with Gasteiger partial charge in [-0.25, -0.2) is 4.98 Å². The number of likely N-dealkylation sites (tertiary alicyclic amines) is 1. The monoisotopic (exact) mass is 585 g/mol. The number of benzene rings is 1. The van der Waals surface area contributed by atoms with Gasteiger partial charge in [-0.2, -0.15) is 0 Å². The number of nitrogens with zero attached hydrogens (tertiary/aromatic N) is 2. The summed E-state index contributed by atoms with van der Waals surface area (Å²) in [6.07, 6.45) is 1.64. The first-order valence-electron chi connectivity index (χ1n) is 14.1. The van der Waals surface area contributed by atoms with E-state index in [4.69, 9.17) is 5.73 Å². The molecule has 0 unspecified atom stereocenters. The number of rotatable bonds is 12. The number of aryl methyl sites for hydroxylation is 1. The number of thiazole rings is 1. The summed E-state index contributed by atoms with van der Waals surface area (Å²) >= 11 is 1.58. The average molecular weight is 586 g/mol. The predicted octanol–water partition coefficient (Wildman–Crippen LogP) is 3.22. The Balaban J connectivity index is 1.64. The van der Waals surface area contributed by atoms with Gasteiger partial charge in [-0.15, -0.1) is 11.3 Å². The topological polar surface area (TPSA) is 155 Å². The standard InChI is InChI=1S/C30H43N5O5S/c1-18(20-11-13-21(14-12-20)26-19(2)32-17-41-26)33-28(39)23-15-22(36)16-35(23)29(40)27(30(3,4)5)34-25(38)10-8-6-7-9-24(31)37/h11-14,17-18,22-23,27,36H,6-10,15-16H2,1-5H3,(H2,31,37)(H,33,39)(H,34,38)/t18-,22+,23-,27+/m0/s1. The van der Waals surface area contributed by atoms with Crippen LogP contribution in [-0.4, -0.2) is 63.4 Å². The Kier molecular flexibility index (Phi) is 11.0. The summed E-state index contributed by atoms with van der Waals surface area (Å²) < 4.78 is 0. The minimum Gasteiger partial charge on any atom is -0.391 e. The number of nitrogens with one attached hydrogen (secondary N) is 2. The number of aromatic nitrogens is 1. The van der Waals surface area contributed by atoms with Crippen molar-refractivity contribution in [2.75, 3.05) is 6.54 Å². The molecule has 224 valence electrons. The lowest BCUT2D eigenvalue weighted by Gasteiger charge is -2.35. The zero-order valence-corrected chi connectivity index (χ0v) is 25.4. The summed E-state index contributed by atoms with van der Waals surface area (Å²) in [7, 11) is 0. The molecular weight excluding hydrogens is 542 g/mol. The Bertz CT molecular complexity index is 1220. The summed E-state index contributed by atoms with van der Waals surface area (Å²) in [4.78, 5) is 57.5. The van der Waals surface area contributed by atoms with Crippen molar-refractivity contribution in [1.82, 2.24) is 20.5 Å². The largest absolute Gasteiger partial charge is 0.391 e. The van der Waals surface area contributed by atoms with E-state index in [1.165, 1.54) is 4.90 Å². The summed E-state index contributed by atoms with van der Waals surface area (Å²) in [5.74, 6) is -1.39. The molecule has 1 aliphatic heterocycles. The van der Waals surface area contributed by atoms with E-state index in [2.05, 4.69) is 15.6 Å². The van der Waals surface area contributed by atoms with Gasteiger partial charge in [0.15, 0.2) is 0 Å². The molecule has 3 rings (SSSR count). The SMILES string of the molecule is Cc1ncsc1-c1ccc([C@H](C)NC(=O)[C@@H]2C[C@@H](O)CN2C(=O)[C@@H](NC(=O)CCCCCC(N)=O)C(C)(C)C)cc1. The van der Waals surface area contributed by atoms with E-state index in [1.54, 1.807) is 11.3 Å². The number of nitrogens with two attached hydrogens (primary N) is 1. The van der Waals surface area contributed by atoms with Crippen LogP contribution < -0.4 is 16.4 Å². The number of aliphatic hydroxyl groups excluding tert-OH is 1. The fourth-order valence-corrected chi connectivity index (χ4v) is 5.82. The highest BCUT2D eigenvalue weighted by molar-refractivity contribution is 7.13. The van der Waals surface area contributed by atoms with Gasteiger partial charge in [0.1, 0.15) is 12.1 Å². The lowest BCUT2D eigenvalue weighted by Crippen LogP contribution is -2.57. The number of unbranched alkanes of at least 4 members (excludes halogenated alkanes) is 2. The third-order valence-corrected chi connectivity index (χ3v) is 8.36. The van der Waals surface area contributed by atoms with E-state index in [9.17, 15) is 24.3 Å². The van der Waals surface area contributed by atoms with E-state index in [0.717, 1.165) is 21.7 Å². The average Bonchev–Trinajstić information content (AvgIpc) is 3.51. The molecule has 1 aromatic carbocycles. The molecule has 1 saturated heterocycles. The zero-order chi connectivity index (χ0) is 30.3. The molecule has 0 bridgehead atoms. The van der Waals surface area contributed by atoms with Gasteiger partial charge in [0.2, 0.25) is 23.6 Å². The molecule has 0 radical (unpaired) electrons. The summed E-state index contributed by atoms with van der Waals surface area (Å²) in [5.41, 5.74) is 9.29. The molecule has 1 fully saturated rings. The van der Waals surface area contributed by atoms with Crippen molar-refractivity contribution in [3.8, 4) is 10.4 Å². The molecule has 11 heteroatoms. The van der Waals surface area contributed by atoms with Crippen molar-refractivity contribution in [3.63, 3.8) is 0 Å². The summed E-state index contributed by atoms with van der Waals surface area (Å²) in [5, 5.41) is 16.3. The van der Waals surface area contributed by atoms with Crippen molar-refractivity contribution in [2.45, 2.75) is 97.4 Å². The highest BCUT2D eigenvalue weighted by Gasteiger charge is 2.44. The summed E-state index contributed by atoms with van der Waals surface area (Å²) in [6.45, 7) is 9.42. The maximum Gasteiger partial charge on any atom is 0.246 e. The molecule has 0 saturated carbocycles. The van der Waals surface area contributed by atoms with Crippen molar-refractivity contribution in [1.29, 1.82) is 0 Å². The number of β-amino-alcohol motifs (C(OH)–C–C–N with tert-alkyl or cyclic N) is 1. The van der Waals surface area contributed by atoms with Crippen LogP contribution in [0.1, 0.15) is 83.5 Å². The van der Waals surface area contributed by atoms with Crippen LogP contribution in [0.4, 0.5) is 0 Å². The number of carbonyl (C=O) groups excluding carboxylic acids is 4. The van der Waals surface area contributed by atoms with E-state index in [1.807, 2.05) is 64.4 Å². The van der Waals surface area contributed by atoms with Crippen LogP contribution in [0.25, 0.3) is 10.4 Å². The van der Waals surface area contributed by atoms with Gasteiger partial charge in [0, 0.05) is 25.8 Å². The van der Waals surface area contributed by atoms with Gasteiger partial charge in [0.05, 0.1) is 28.2 Å². The second-order valence-electron chi connectivity index (χ2n) is 11.9. The van der Waals surface area contributed by atoms with Gasteiger partial charge in [-0.3, -0.25) is 19.2 Å². The molecule has 0 aliphatic carbocycles. The minimum atomic E-state index is -0.874. The van der Waals surface area contributed by atoms with Crippen LogP contribution in [-0.2, 0) is 19.2 Å². The van der Waals surface area contributed by atoms with Gasteiger partial charge in [-0.1, -0.05) is 51.5 Å². The molecule has 10 nitrogen and oxygen atoms in total. The Morgan fingerprint density at radius 3 is 2.34 bits per heavy atom. The molecule has 4 atom stereocenters. The number of carbonyl (C=O) groups is 4. The number of hydrogen-bond acceptors (Lipinski definition) is 7. The quantitative estimate of drug-likeness (QED) is 0.281. The number of hydrogen-bond donors (Lipinski definition) is 4. The van der Waals surface area contributed by atoms with E-state index in [0.29, 0.717) is 19.3 Å². The van der Waals surface area contributed by atoms with Crippen molar-refractivity contribution >= 4 is 35.0 Å². The van der Waals surface area contributed by atoms with Crippen LogP contribution in [0.2, 0.25) is 0 Å². The Morgan fingerprint density at radius 1 is 1.10 bits per heavy atom. The van der Waals surface area contributed by atoms with Gasteiger partial charge in [-0.05, 0) is 43.2 Å². The first-order valence-corrected chi connectivity index (χ1v) is 15.0. The number of amides is 4. The Morgan fingerprint density at radius 2 is 1.76 bits per heavy atom. The molecule has 41 heavy (non-hydrogen) atoms. The van der Waals surface area contributed by atoms with Gasteiger partial charge < -0.3 is 26.4 Å². The highest BCUT2D eigenvalue weighted by atomic mass is 32.1. The van der Waals surface area contributed by atoms with Crippen LogP contribution in [0.5, 0.6) is 0 Å².